The molecular formula is C8H15N3S. The molecule has 1 heterocycles. The fourth-order valence-corrected chi connectivity index (χ4v) is 1.77. The number of rotatable bonds is 5. The highest BCUT2D eigenvalue weighted by molar-refractivity contribution is 7.98. The number of imidazole rings is 1. The SMILES string of the molecule is CCn1cncc1CSCCN. The summed E-state index contributed by atoms with van der Waals surface area (Å²) in [6, 6.07) is 0. The standard InChI is InChI=1S/C8H15N3S/c1-2-11-7-10-5-8(11)6-12-4-3-9/h5,7H,2-4,6,9H2,1H3. The van der Waals surface area contributed by atoms with Crippen molar-refractivity contribution in [3.8, 4) is 0 Å². The van der Waals surface area contributed by atoms with Crippen LogP contribution in [0.1, 0.15) is 12.6 Å². The van der Waals surface area contributed by atoms with Gasteiger partial charge in [0.15, 0.2) is 0 Å². The molecule has 0 aliphatic carbocycles. The molecule has 0 spiro atoms. The molecule has 0 aliphatic heterocycles. The van der Waals surface area contributed by atoms with Gasteiger partial charge in [0.1, 0.15) is 0 Å². The van der Waals surface area contributed by atoms with E-state index in [4.69, 9.17) is 5.73 Å². The predicted molar refractivity (Wildman–Crippen MR) is 53.1 cm³/mol. The van der Waals surface area contributed by atoms with Gasteiger partial charge in [-0.05, 0) is 6.92 Å². The molecule has 0 atom stereocenters. The van der Waals surface area contributed by atoms with Crippen LogP contribution >= 0.6 is 11.8 Å². The monoisotopic (exact) mass is 185 g/mol. The zero-order chi connectivity index (χ0) is 8.81. The summed E-state index contributed by atoms with van der Waals surface area (Å²) in [7, 11) is 0. The molecule has 4 heteroatoms. The van der Waals surface area contributed by atoms with Gasteiger partial charge in [0.2, 0.25) is 0 Å². The highest BCUT2D eigenvalue weighted by Crippen LogP contribution is 2.10. The smallest absolute Gasteiger partial charge is 0.0948 e. The average Bonchev–Trinajstić information content (AvgIpc) is 2.52. The van der Waals surface area contributed by atoms with Crippen molar-refractivity contribution >= 4 is 11.8 Å². The van der Waals surface area contributed by atoms with Gasteiger partial charge in [-0.3, -0.25) is 0 Å². The van der Waals surface area contributed by atoms with Crippen molar-refractivity contribution in [3.63, 3.8) is 0 Å². The van der Waals surface area contributed by atoms with Gasteiger partial charge in [-0.15, -0.1) is 0 Å². The van der Waals surface area contributed by atoms with E-state index in [0.717, 1.165) is 24.6 Å². The number of nitrogens with two attached hydrogens (primary N) is 1. The minimum atomic E-state index is 0.755. The van der Waals surface area contributed by atoms with Crippen LogP contribution in [0.15, 0.2) is 12.5 Å². The first-order valence-electron chi connectivity index (χ1n) is 4.15. The Morgan fingerprint density at radius 3 is 3.17 bits per heavy atom. The lowest BCUT2D eigenvalue weighted by Crippen LogP contribution is -2.03. The Labute approximate surface area is 77.4 Å². The van der Waals surface area contributed by atoms with E-state index in [1.54, 1.807) is 0 Å². The third-order valence-corrected chi connectivity index (χ3v) is 2.68. The second-order valence-corrected chi connectivity index (χ2v) is 3.62. The lowest BCUT2D eigenvalue weighted by molar-refractivity contribution is 0.734. The number of aromatic nitrogens is 2. The summed E-state index contributed by atoms with van der Waals surface area (Å²) >= 11 is 1.85. The lowest BCUT2D eigenvalue weighted by atomic mass is 10.5. The molecule has 12 heavy (non-hydrogen) atoms. The quantitative estimate of drug-likeness (QED) is 0.698. The number of aryl methyl sites for hydroxylation is 1. The Bertz CT molecular complexity index is 222. The zero-order valence-corrected chi connectivity index (χ0v) is 8.18. The molecule has 0 unspecified atom stereocenters. The predicted octanol–water partition coefficient (Wildman–Crippen LogP) is 1.09. The van der Waals surface area contributed by atoms with E-state index in [9.17, 15) is 0 Å². The Kier molecular flexibility index (Phi) is 4.18. The fourth-order valence-electron chi connectivity index (χ4n) is 1.01. The fraction of sp³-hybridized carbons (Fsp3) is 0.625. The van der Waals surface area contributed by atoms with Gasteiger partial charge >= 0.3 is 0 Å². The van der Waals surface area contributed by atoms with Crippen LogP contribution in [-0.4, -0.2) is 21.8 Å². The van der Waals surface area contributed by atoms with Gasteiger partial charge in [-0.25, -0.2) is 4.98 Å². The Morgan fingerprint density at radius 2 is 2.50 bits per heavy atom. The van der Waals surface area contributed by atoms with Crippen LogP contribution in [0.5, 0.6) is 0 Å². The van der Waals surface area contributed by atoms with E-state index in [0.29, 0.717) is 0 Å². The largest absolute Gasteiger partial charge is 0.334 e. The van der Waals surface area contributed by atoms with E-state index in [1.165, 1.54) is 5.69 Å². The summed E-state index contributed by atoms with van der Waals surface area (Å²) in [6.07, 6.45) is 3.80. The van der Waals surface area contributed by atoms with E-state index >= 15 is 0 Å². The average molecular weight is 185 g/mol. The Morgan fingerprint density at radius 1 is 1.67 bits per heavy atom. The molecule has 0 bridgehead atoms. The summed E-state index contributed by atoms with van der Waals surface area (Å²) < 4.78 is 2.16. The highest BCUT2D eigenvalue weighted by Gasteiger charge is 1.98. The molecule has 1 aromatic heterocycles. The molecule has 0 radical (unpaired) electrons. The molecule has 0 saturated heterocycles. The first kappa shape index (κ1) is 9.61. The van der Waals surface area contributed by atoms with Crippen molar-refractivity contribution in [1.82, 2.24) is 9.55 Å². The molecule has 1 rings (SSSR count). The van der Waals surface area contributed by atoms with Gasteiger partial charge in [0, 0.05) is 36.5 Å². The number of hydrogen-bond acceptors (Lipinski definition) is 3. The molecule has 2 N–H and O–H groups in total. The van der Waals surface area contributed by atoms with Crippen molar-refractivity contribution in [2.45, 2.75) is 19.2 Å². The van der Waals surface area contributed by atoms with E-state index in [2.05, 4.69) is 16.5 Å². The van der Waals surface area contributed by atoms with E-state index in [1.807, 2.05) is 24.3 Å². The maximum atomic E-state index is 5.40. The first-order valence-corrected chi connectivity index (χ1v) is 5.30. The van der Waals surface area contributed by atoms with Crippen LogP contribution in [0.4, 0.5) is 0 Å². The molecule has 1 aromatic rings. The number of thioether (sulfide) groups is 1. The summed E-state index contributed by atoms with van der Waals surface area (Å²) in [5.41, 5.74) is 6.68. The van der Waals surface area contributed by atoms with Crippen LogP contribution in [0.2, 0.25) is 0 Å². The maximum Gasteiger partial charge on any atom is 0.0948 e. The third kappa shape index (κ3) is 2.53. The normalized spacial score (nSPS) is 10.5. The maximum absolute atomic E-state index is 5.40. The molecule has 0 saturated carbocycles. The highest BCUT2D eigenvalue weighted by atomic mass is 32.2. The second kappa shape index (κ2) is 5.22. The number of nitrogens with zero attached hydrogens (tertiary/aromatic N) is 2. The molecule has 0 fully saturated rings. The zero-order valence-electron chi connectivity index (χ0n) is 7.36. The molecule has 68 valence electrons. The van der Waals surface area contributed by atoms with E-state index < -0.39 is 0 Å². The Balaban J connectivity index is 2.39. The van der Waals surface area contributed by atoms with Crippen molar-refractivity contribution in [1.29, 1.82) is 0 Å². The van der Waals surface area contributed by atoms with Crippen LogP contribution < -0.4 is 5.73 Å². The van der Waals surface area contributed by atoms with Gasteiger partial charge < -0.3 is 10.3 Å². The van der Waals surface area contributed by atoms with Crippen LogP contribution in [-0.2, 0) is 12.3 Å². The first-order chi connectivity index (χ1) is 5.88. The van der Waals surface area contributed by atoms with Gasteiger partial charge in [0.05, 0.1) is 6.33 Å². The van der Waals surface area contributed by atoms with Crippen molar-refractivity contribution in [3.05, 3.63) is 18.2 Å². The van der Waals surface area contributed by atoms with Gasteiger partial charge in [-0.1, -0.05) is 0 Å². The molecule has 0 aliphatic rings. The van der Waals surface area contributed by atoms with Crippen molar-refractivity contribution in [2.75, 3.05) is 12.3 Å². The third-order valence-electron chi connectivity index (χ3n) is 1.65. The molecule has 0 aromatic carbocycles. The summed E-state index contributed by atoms with van der Waals surface area (Å²) in [4.78, 5) is 4.09. The van der Waals surface area contributed by atoms with Gasteiger partial charge in [0.25, 0.3) is 0 Å². The second-order valence-electron chi connectivity index (χ2n) is 2.51. The summed E-state index contributed by atoms with van der Waals surface area (Å²) in [5, 5.41) is 0. The molecule has 0 amide bonds. The topological polar surface area (TPSA) is 43.8 Å². The Hall–Kier alpha value is -0.480. The summed E-state index contributed by atoms with van der Waals surface area (Å²) in [6.45, 7) is 3.88. The molecule has 3 nitrogen and oxygen atoms in total. The van der Waals surface area contributed by atoms with Crippen molar-refractivity contribution in [2.24, 2.45) is 5.73 Å². The summed E-state index contributed by atoms with van der Waals surface area (Å²) in [5.74, 6) is 2.04. The minimum Gasteiger partial charge on any atom is -0.334 e. The van der Waals surface area contributed by atoms with Crippen LogP contribution in [0.25, 0.3) is 0 Å². The van der Waals surface area contributed by atoms with Crippen LogP contribution in [0.3, 0.4) is 0 Å². The molecular weight excluding hydrogens is 170 g/mol. The van der Waals surface area contributed by atoms with Crippen LogP contribution in [0, 0.1) is 0 Å². The number of hydrogen-bond donors (Lipinski definition) is 1. The lowest BCUT2D eigenvalue weighted by Gasteiger charge is -2.03. The van der Waals surface area contributed by atoms with Crippen molar-refractivity contribution < 1.29 is 0 Å². The minimum absolute atomic E-state index is 0.755. The van der Waals surface area contributed by atoms with E-state index in [-0.39, 0.29) is 0 Å². The van der Waals surface area contributed by atoms with Gasteiger partial charge in [-0.2, -0.15) is 11.8 Å².